The molecule has 4 nitrogen and oxygen atoms in total. The number of nitrogens with one attached hydrogen (secondary N) is 2. The SMILES string of the molecule is CCNCc1ccccc1NC(=O)COc1ccc(CC)cc1. The van der Waals surface area contributed by atoms with Crippen molar-refractivity contribution in [3.8, 4) is 5.75 Å². The Balaban J connectivity index is 1.89. The number of carbonyl (C=O) groups is 1. The summed E-state index contributed by atoms with van der Waals surface area (Å²) < 4.78 is 5.53. The van der Waals surface area contributed by atoms with E-state index >= 15 is 0 Å². The smallest absolute Gasteiger partial charge is 0.262 e. The normalized spacial score (nSPS) is 10.3. The third-order valence-electron chi connectivity index (χ3n) is 3.56. The first kappa shape index (κ1) is 17.0. The zero-order valence-corrected chi connectivity index (χ0v) is 13.8. The third kappa shape index (κ3) is 5.42. The Morgan fingerprint density at radius 3 is 2.48 bits per heavy atom. The highest BCUT2D eigenvalue weighted by molar-refractivity contribution is 5.92. The molecule has 0 aromatic heterocycles. The van der Waals surface area contributed by atoms with E-state index < -0.39 is 0 Å². The molecule has 2 aromatic rings. The molecule has 0 aliphatic carbocycles. The van der Waals surface area contributed by atoms with Crippen molar-refractivity contribution in [2.45, 2.75) is 26.8 Å². The van der Waals surface area contributed by atoms with E-state index in [2.05, 4.69) is 24.5 Å². The molecule has 2 aromatic carbocycles. The van der Waals surface area contributed by atoms with E-state index in [1.165, 1.54) is 5.56 Å². The number of benzene rings is 2. The molecule has 2 rings (SSSR count). The maximum absolute atomic E-state index is 12.1. The van der Waals surface area contributed by atoms with Gasteiger partial charge in [-0.2, -0.15) is 0 Å². The van der Waals surface area contributed by atoms with Gasteiger partial charge in [0.15, 0.2) is 6.61 Å². The van der Waals surface area contributed by atoms with Crippen LogP contribution in [0.1, 0.15) is 25.0 Å². The maximum Gasteiger partial charge on any atom is 0.262 e. The number of rotatable bonds is 8. The highest BCUT2D eigenvalue weighted by Crippen LogP contribution is 2.15. The summed E-state index contributed by atoms with van der Waals surface area (Å²) in [5, 5.41) is 6.17. The number of para-hydroxylation sites is 1. The molecular weight excluding hydrogens is 288 g/mol. The lowest BCUT2D eigenvalue weighted by Gasteiger charge is -2.12. The van der Waals surface area contributed by atoms with Crippen molar-refractivity contribution in [2.24, 2.45) is 0 Å². The lowest BCUT2D eigenvalue weighted by molar-refractivity contribution is -0.118. The number of carbonyl (C=O) groups excluding carboxylic acids is 1. The number of ether oxygens (including phenoxy) is 1. The molecule has 4 heteroatoms. The summed E-state index contributed by atoms with van der Waals surface area (Å²) in [4.78, 5) is 12.1. The number of hydrogen-bond donors (Lipinski definition) is 2. The molecule has 0 unspecified atom stereocenters. The largest absolute Gasteiger partial charge is 0.484 e. The molecule has 122 valence electrons. The molecule has 0 aliphatic heterocycles. The summed E-state index contributed by atoms with van der Waals surface area (Å²) in [5.74, 6) is 0.548. The van der Waals surface area contributed by atoms with Gasteiger partial charge in [0.1, 0.15) is 5.75 Å². The highest BCUT2D eigenvalue weighted by atomic mass is 16.5. The maximum atomic E-state index is 12.1. The van der Waals surface area contributed by atoms with Crippen LogP contribution < -0.4 is 15.4 Å². The number of amides is 1. The van der Waals surface area contributed by atoms with Crippen LogP contribution in [0.4, 0.5) is 5.69 Å². The third-order valence-corrected chi connectivity index (χ3v) is 3.56. The van der Waals surface area contributed by atoms with Gasteiger partial charge in [0.05, 0.1) is 0 Å². The van der Waals surface area contributed by atoms with E-state index in [-0.39, 0.29) is 12.5 Å². The molecule has 0 radical (unpaired) electrons. The Hall–Kier alpha value is -2.33. The van der Waals surface area contributed by atoms with Crippen LogP contribution in [-0.4, -0.2) is 19.1 Å². The summed E-state index contributed by atoms with van der Waals surface area (Å²) in [7, 11) is 0. The van der Waals surface area contributed by atoms with Crippen molar-refractivity contribution in [3.63, 3.8) is 0 Å². The van der Waals surface area contributed by atoms with Crippen LogP contribution in [-0.2, 0) is 17.8 Å². The molecule has 0 fully saturated rings. The van der Waals surface area contributed by atoms with Gasteiger partial charge in [-0.3, -0.25) is 4.79 Å². The fraction of sp³-hybridized carbons (Fsp3) is 0.316. The van der Waals surface area contributed by atoms with Crippen LogP contribution in [0.5, 0.6) is 5.75 Å². The molecule has 23 heavy (non-hydrogen) atoms. The number of anilines is 1. The van der Waals surface area contributed by atoms with E-state index in [4.69, 9.17) is 4.74 Å². The highest BCUT2D eigenvalue weighted by Gasteiger charge is 2.07. The Morgan fingerprint density at radius 2 is 1.78 bits per heavy atom. The van der Waals surface area contributed by atoms with E-state index in [9.17, 15) is 4.79 Å². The van der Waals surface area contributed by atoms with E-state index in [1.54, 1.807) is 0 Å². The van der Waals surface area contributed by atoms with Gasteiger partial charge < -0.3 is 15.4 Å². The molecule has 0 saturated heterocycles. The molecule has 0 aliphatic rings. The number of hydrogen-bond acceptors (Lipinski definition) is 3. The minimum absolute atomic E-state index is 0.00100. The Kier molecular flexibility index (Phi) is 6.63. The van der Waals surface area contributed by atoms with E-state index in [1.807, 2.05) is 48.5 Å². The topological polar surface area (TPSA) is 50.4 Å². The Bertz CT molecular complexity index is 624. The van der Waals surface area contributed by atoms with Gasteiger partial charge in [0.2, 0.25) is 0 Å². The van der Waals surface area contributed by atoms with Gasteiger partial charge in [-0.1, -0.05) is 44.2 Å². The second-order valence-electron chi connectivity index (χ2n) is 5.27. The minimum atomic E-state index is -0.159. The van der Waals surface area contributed by atoms with Gasteiger partial charge in [-0.25, -0.2) is 0 Å². The monoisotopic (exact) mass is 312 g/mol. The lowest BCUT2D eigenvalue weighted by atomic mass is 10.1. The van der Waals surface area contributed by atoms with Crippen LogP contribution >= 0.6 is 0 Å². The summed E-state index contributed by atoms with van der Waals surface area (Å²) in [5.41, 5.74) is 3.14. The van der Waals surface area contributed by atoms with Crippen molar-refractivity contribution >= 4 is 11.6 Å². The Labute approximate surface area is 137 Å². The molecule has 1 amide bonds. The number of aryl methyl sites for hydroxylation is 1. The molecule has 2 N–H and O–H groups in total. The average Bonchev–Trinajstić information content (AvgIpc) is 2.59. The second kappa shape index (κ2) is 8.96. The molecule has 0 heterocycles. The lowest BCUT2D eigenvalue weighted by Crippen LogP contribution is -2.22. The van der Waals surface area contributed by atoms with Gasteiger partial charge in [-0.15, -0.1) is 0 Å². The van der Waals surface area contributed by atoms with Crippen LogP contribution in [0.15, 0.2) is 48.5 Å². The summed E-state index contributed by atoms with van der Waals surface area (Å²) in [6, 6.07) is 15.6. The summed E-state index contributed by atoms with van der Waals surface area (Å²) >= 11 is 0. The van der Waals surface area contributed by atoms with E-state index in [0.717, 1.165) is 30.8 Å². The first-order chi connectivity index (χ1) is 11.2. The molecule has 0 saturated carbocycles. The quantitative estimate of drug-likeness (QED) is 0.785. The van der Waals surface area contributed by atoms with Gasteiger partial charge in [0, 0.05) is 12.2 Å². The van der Waals surface area contributed by atoms with Gasteiger partial charge in [-0.05, 0) is 42.3 Å². The molecule has 0 bridgehead atoms. The van der Waals surface area contributed by atoms with Crippen LogP contribution in [0.25, 0.3) is 0 Å². The van der Waals surface area contributed by atoms with Gasteiger partial charge >= 0.3 is 0 Å². The second-order valence-corrected chi connectivity index (χ2v) is 5.27. The van der Waals surface area contributed by atoms with Crippen molar-refractivity contribution < 1.29 is 9.53 Å². The predicted molar refractivity (Wildman–Crippen MR) is 93.8 cm³/mol. The van der Waals surface area contributed by atoms with Crippen LogP contribution in [0.3, 0.4) is 0 Å². The van der Waals surface area contributed by atoms with Crippen molar-refractivity contribution in [1.29, 1.82) is 0 Å². The Morgan fingerprint density at radius 1 is 1.04 bits per heavy atom. The zero-order chi connectivity index (χ0) is 16.5. The van der Waals surface area contributed by atoms with E-state index in [0.29, 0.717) is 5.75 Å². The van der Waals surface area contributed by atoms with Crippen LogP contribution in [0, 0.1) is 0 Å². The fourth-order valence-corrected chi connectivity index (χ4v) is 2.21. The predicted octanol–water partition coefficient (Wildman–Crippen LogP) is 3.38. The summed E-state index contributed by atoms with van der Waals surface area (Å²) in [6.45, 7) is 5.78. The molecule has 0 atom stereocenters. The van der Waals surface area contributed by atoms with Crippen LogP contribution in [0.2, 0.25) is 0 Å². The zero-order valence-electron chi connectivity index (χ0n) is 13.8. The minimum Gasteiger partial charge on any atom is -0.484 e. The standard InChI is InChI=1S/C19H24N2O2/c1-3-15-9-11-17(12-10-15)23-14-19(22)21-18-8-6-5-7-16(18)13-20-4-2/h5-12,20H,3-4,13-14H2,1-2H3,(H,21,22). The van der Waals surface area contributed by atoms with Crippen molar-refractivity contribution in [3.05, 3.63) is 59.7 Å². The van der Waals surface area contributed by atoms with Gasteiger partial charge in [0.25, 0.3) is 5.91 Å². The van der Waals surface area contributed by atoms with Crippen molar-refractivity contribution in [2.75, 3.05) is 18.5 Å². The summed E-state index contributed by atoms with van der Waals surface area (Å²) in [6.07, 6.45) is 0.989. The first-order valence-electron chi connectivity index (χ1n) is 8.03. The molecule has 0 spiro atoms. The first-order valence-corrected chi connectivity index (χ1v) is 8.03. The van der Waals surface area contributed by atoms with Crippen molar-refractivity contribution in [1.82, 2.24) is 5.32 Å². The molecular formula is C19H24N2O2. The average molecular weight is 312 g/mol. The fourth-order valence-electron chi connectivity index (χ4n) is 2.21.